The van der Waals surface area contributed by atoms with Crippen LogP contribution in [0.3, 0.4) is 0 Å². The van der Waals surface area contributed by atoms with Gasteiger partial charge in [-0.3, -0.25) is 0 Å². The Kier molecular flexibility index (Phi) is 1.86. The van der Waals surface area contributed by atoms with Crippen molar-refractivity contribution in [2.24, 2.45) is 0 Å². The van der Waals surface area contributed by atoms with Crippen LogP contribution in [0.2, 0.25) is 0 Å². The minimum Gasteiger partial charge on any atom is -0.397 e. The Morgan fingerprint density at radius 3 is 2.44 bits per heavy atom. The second kappa shape index (κ2) is 3.34. The highest BCUT2D eigenvalue weighted by Gasteiger charge is 2.05. The zero-order chi connectivity index (χ0) is 11.0. The van der Waals surface area contributed by atoms with Gasteiger partial charge in [0.2, 0.25) is 0 Å². The predicted octanol–water partition coefficient (Wildman–Crippen LogP) is 2.00. The van der Waals surface area contributed by atoms with Crippen LogP contribution in [0.1, 0.15) is 0 Å². The second-order valence-electron chi connectivity index (χ2n) is 3.54. The van der Waals surface area contributed by atoms with E-state index in [0.717, 1.165) is 16.7 Å². The van der Waals surface area contributed by atoms with Gasteiger partial charge in [0.25, 0.3) is 0 Å². The summed E-state index contributed by atoms with van der Waals surface area (Å²) in [5.41, 5.74) is 8.96. The second-order valence-corrected chi connectivity index (χ2v) is 3.54. The maximum Gasteiger partial charge on any atom is 0.136 e. The van der Waals surface area contributed by atoms with Gasteiger partial charge in [0.05, 0.1) is 11.4 Å². The molecule has 0 radical (unpaired) electrons. The third kappa shape index (κ3) is 1.32. The summed E-state index contributed by atoms with van der Waals surface area (Å²) in [7, 11) is 0. The summed E-state index contributed by atoms with van der Waals surface area (Å²) in [5, 5.41) is 8.73. The number of para-hydroxylation sites is 1. The molecule has 0 spiro atoms. The first-order chi connectivity index (χ1) is 7.84. The molecule has 0 saturated heterocycles. The largest absolute Gasteiger partial charge is 0.397 e. The highest BCUT2D eigenvalue weighted by molar-refractivity contribution is 5.85. The molecule has 0 aliphatic carbocycles. The Labute approximate surface area is 92.3 Å². The van der Waals surface area contributed by atoms with E-state index < -0.39 is 0 Å². The Balaban J connectivity index is 2.23. The molecule has 1 heterocycles. The molecule has 2 aromatic carbocycles. The zero-order valence-electron chi connectivity index (χ0n) is 8.54. The third-order valence-corrected chi connectivity index (χ3v) is 2.43. The molecule has 0 atom stereocenters. The number of rotatable bonds is 1. The van der Waals surface area contributed by atoms with E-state index in [4.69, 9.17) is 5.73 Å². The van der Waals surface area contributed by atoms with Crippen LogP contribution in [-0.2, 0) is 0 Å². The zero-order valence-corrected chi connectivity index (χ0v) is 8.54. The molecule has 2 N–H and O–H groups in total. The Bertz CT molecular complexity index is 628. The van der Waals surface area contributed by atoms with Crippen LogP contribution in [0.5, 0.6) is 0 Å². The van der Waals surface area contributed by atoms with Crippen molar-refractivity contribution in [1.82, 2.24) is 15.0 Å². The van der Waals surface area contributed by atoms with Crippen molar-refractivity contribution < 1.29 is 0 Å². The van der Waals surface area contributed by atoms with Crippen LogP contribution in [-0.4, -0.2) is 15.0 Å². The van der Waals surface area contributed by atoms with E-state index in [1.807, 2.05) is 48.5 Å². The molecule has 0 aliphatic rings. The molecular weight excluding hydrogens is 200 g/mol. The molecule has 0 bridgehead atoms. The van der Waals surface area contributed by atoms with Gasteiger partial charge >= 0.3 is 0 Å². The number of anilines is 1. The molecule has 0 saturated carbocycles. The molecule has 0 aliphatic heterocycles. The summed E-state index contributed by atoms with van der Waals surface area (Å²) in [6.07, 6.45) is 0. The van der Waals surface area contributed by atoms with Crippen molar-refractivity contribution in [2.75, 3.05) is 5.73 Å². The molecule has 4 heteroatoms. The standard InChI is InChI=1S/C12H10N4/c13-10-7-4-8-11-12(10)15-16(14-11)9-5-2-1-3-6-9/h1-8H,13H2. The fourth-order valence-corrected chi connectivity index (χ4v) is 1.63. The molecule has 3 aromatic rings. The number of nitrogens with zero attached hydrogens (tertiary/aromatic N) is 3. The molecule has 0 fully saturated rings. The SMILES string of the molecule is Nc1cccc2nn(-c3ccccc3)nc12. The first kappa shape index (κ1) is 8.91. The lowest BCUT2D eigenvalue weighted by atomic mass is 10.3. The number of nitrogens with two attached hydrogens (primary N) is 1. The van der Waals surface area contributed by atoms with Crippen LogP contribution >= 0.6 is 0 Å². The molecule has 3 rings (SSSR count). The van der Waals surface area contributed by atoms with Gasteiger partial charge in [0.1, 0.15) is 11.0 Å². The Morgan fingerprint density at radius 2 is 1.69 bits per heavy atom. The van der Waals surface area contributed by atoms with Gasteiger partial charge in [-0.2, -0.15) is 4.80 Å². The maximum absolute atomic E-state index is 5.83. The van der Waals surface area contributed by atoms with E-state index in [2.05, 4.69) is 10.2 Å². The molecule has 16 heavy (non-hydrogen) atoms. The first-order valence-electron chi connectivity index (χ1n) is 5.01. The topological polar surface area (TPSA) is 56.7 Å². The first-order valence-corrected chi connectivity index (χ1v) is 5.01. The number of hydrogen-bond acceptors (Lipinski definition) is 3. The molecule has 78 valence electrons. The third-order valence-electron chi connectivity index (χ3n) is 2.43. The van der Waals surface area contributed by atoms with Crippen LogP contribution in [0.25, 0.3) is 16.7 Å². The lowest BCUT2D eigenvalue weighted by molar-refractivity contribution is 0.766. The van der Waals surface area contributed by atoms with Crippen molar-refractivity contribution in [2.45, 2.75) is 0 Å². The van der Waals surface area contributed by atoms with Gasteiger partial charge in [-0.1, -0.05) is 24.3 Å². The Morgan fingerprint density at radius 1 is 0.875 bits per heavy atom. The van der Waals surface area contributed by atoms with E-state index >= 15 is 0 Å². The Hall–Kier alpha value is -2.36. The summed E-state index contributed by atoms with van der Waals surface area (Å²) in [5.74, 6) is 0. The summed E-state index contributed by atoms with van der Waals surface area (Å²) >= 11 is 0. The van der Waals surface area contributed by atoms with Gasteiger partial charge in [-0.05, 0) is 24.3 Å². The van der Waals surface area contributed by atoms with Crippen molar-refractivity contribution in [3.63, 3.8) is 0 Å². The van der Waals surface area contributed by atoms with E-state index in [0.29, 0.717) is 5.69 Å². The highest BCUT2D eigenvalue weighted by atomic mass is 15.5. The van der Waals surface area contributed by atoms with Gasteiger partial charge < -0.3 is 5.73 Å². The monoisotopic (exact) mass is 210 g/mol. The summed E-state index contributed by atoms with van der Waals surface area (Å²) in [6, 6.07) is 15.4. The predicted molar refractivity (Wildman–Crippen MR) is 63.3 cm³/mol. The summed E-state index contributed by atoms with van der Waals surface area (Å²) in [6.45, 7) is 0. The molecule has 0 amide bonds. The summed E-state index contributed by atoms with van der Waals surface area (Å²) < 4.78 is 0. The number of aromatic nitrogens is 3. The number of fused-ring (bicyclic) bond motifs is 1. The smallest absolute Gasteiger partial charge is 0.136 e. The van der Waals surface area contributed by atoms with E-state index in [-0.39, 0.29) is 0 Å². The van der Waals surface area contributed by atoms with Crippen LogP contribution in [0.4, 0.5) is 5.69 Å². The van der Waals surface area contributed by atoms with Gasteiger partial charge in [-0.15, -0.1) is 10.2 Å². The lowest BCUT2D eigenvalue weighted by Gasteiger charge is -1.96. The van der Waals surface area contributed by atoms with Crippen molar-refractivity contribution >= 4 is 16.7 Å². The van der Waals surface area contributed by atoms with Crippen LogP contribution < -0.4 is 5.73 Å². The quantitative estimate of drug-likeness (QED) is 0.625. The fraction of sp³-hybridized carbons (Fsp3) is 0. The number of hydrogen-bond donors (Lipinski definition) is 1. The average molecular weight is 210 g/mol. The molecular formula is C12H10N4. The summed E-state index contributed by atoms with van der Waals surface area (Å²) in [4.78, 5) is 1.60. The van der Waals surface area contributed by atoms with Crippen LogP contribution in [0.15, 0.2) is 48.5 Å². The minimum atomic E-state index is 0.652. The lowest BCUT2D eigenvalue weighted by Crippen LogP contribution is -1.97. The minimum absolute atomic E-state index is 0.652. The van der Waals surface area contributed by atoms with E-state index in [1.54, 1.807) is 4.80 Å². The van der Waals surface area contributed by atoms with Gasteiger partial charge in [0.15, 0.2) is 0 Å². The van der Waals surface area contributed by atoms with Crippen molar-refractivity contribution in [3.8, 4) is 5.69 Å². The maximum atomic E-state index is 5.83. The number of nitrogen functional groups attached to an aromatic ring is 1. The molecule has 4 nitrogen and oxygen atoms in total. The van der Waals surface area contributed by atoms with E-state index in [1.165, 1.54) is 0 Å². The highest BCUT2D eigenvalue weighted by Crippen LogP contribution is 2.17. The normalized spacial score (nSPS) is 10.8. The van der Waals surface area contributed by atoms with Crippen molar-refractivity contribution in [1.29, 1.82) is 0 Å². The molecule has 0 unspecified atom stereocenters. The van der Waals surface area contributed by atoms with E-state index in [9.17, 15) is 0 Å². The van der Waals surface area contributed by atoms with Crippen molar-refractivity contribution in [3.05, 3.63) is 48.5 Å². The fourth-order valence-electron chi connectivity index (χ4n) is 1.63. The average Bonchev–Trinajstić information content (AvgIpc) is 2.76. The van der Waals surface area contributed by atoms with Gasteiger partial charge in [-0.25, -0.2) is 0 Å². The van der Waals surface area contributed by atoms with Gasteiger partial charge in [0, 0.05) is 0 Å². The van der Waals surface area contributed by atoms with Crippen LogP contribution in [0, 0.1) is 0 Å². The molecule has 1 aromatic heterocycles. The number of benzene rings is 2.